The molecule has 0 aliphatic rings. The summed E-state index contributed by atoms with van der Waals surface area (Å²) < 4.78 is 5.64. The highest BCUT2D eigenvalue weighted by molar-refractivity contribution is 5.69. The molecule has 32 heavy (non-hydrogen) atoms. The number of carbonyl (C=O) groups excluding carboxylic acids is 1. The van der Waals surface area contributed by atoms with E-state index in [9.17, 15) is 4.79 Å². The van der Waals surface area contributed by atoms with Crippen molar-refractivity contribution in [3.63, 3.8) is 0 Å². The SMILES string of the molecule is CCCCCCCCCCCCCCCCCC(=O)OCC(CCCC)CCCCCC. The van der Waals surface area contributed by atoms with Crippen LogP contribution >= 0.6 is 0 Å². The van der Waals surface area contributed by atoms with Crippen LogP contribution in [0.1, 0.15) is 175 Å². The van der Waals surface area contributed by atoms with E-state index >= 15 is 0 Å². The molecule has 0 heterocycles. The van der Waals surface area contributed by atoms with Gasteiger partial charge >= 0.3 is 5.97 Å². The number of esters is 1. The van der Waals surface area contributed by atoms with Crippen LogP contribution in [0.5, 0.6) is 0 Å². The lowest BCUT2D eigenvalue weighted by atomic mass is 9.96. The van der Waals surface area contributed by atoms with Crippen LogP contribution in [0.15, 0.2) is 0 Å². The molecule has 0 saturated carbocycles. The Morgan fingerprint density at radius 1 is 0.500 bits per heavy atom. The van der Waals surface area contributed by atoms with E-state index in [4.69, 9.17) is 4.74 Å². The third-order valence-electron chi connectivity index (χ3n) is 6.90. The van der Waals surface area contributed by atoms with Crippen molar-refractivity contribution in [3.05, 3.63) is 0 Å². The second-order valence-electron chi connectivity index (χ2n) is 10.2. The molecule has 0 N–H and O–H groups in total. The number of rotatable bonds is 26. The average molecular weight is 453 g/mol. The number of hydrogen-bond acceptors (Lipinski definition) is 2. The minimum Gasteiger partial charge on any atom is -0.465 e. The highest BCUT2D eigenvalue weighted by Crippen LogP contribution is 2.19. The topological polar surface area (TPSA) is 26.3 Å². The molecule has 0 aromatic carbocycles. The zero-order valence-corrected chi connectivity index (χ0v) is 22.6. The lowest BCUT2D eigenvalue weighted by Crippen LogP contribution is -2.14. The normalized spacial score (nSPS) is 12.2. The highest BCUT2D eigenvalue weighted by atomic mass is 16.5. The molecule has 0 rings (SSSR count). The fourth-order valence-electron chi connectivity index (χ4n) is 4.59. The Labute approximate surface area is 203 Å². The van der Waals surface area contributed by atoms with E-state index in [1.165, 1.54) is 141 Å². The molecule has 192 valence electrons. The first kappa shape index (κ1) is 31.5. The second-order valence-corrected chi connectivity index (χ2v) is 10.2. The average Bonchev–Trinajstić information content (AvgIpc) is 2.80. The summed E-state index contributed by atoms with van der Waals surface area (Å²) in [6, 6.07) is 0. The van der Waals surface area contributed by atoms with E-state index in [0.29, 0.717) is 18.9 Å². The van der Waals surface area contributed by atoms with Crippen LogP contribution < -0.4 is 0 Å². The summed E-state index contributed by atoms with van der Waals surface area (Å²) in [5.41, 5.74) is 0. The molecular weight excluding hydrogens is 392 g/mol. The molecule has 0 aliphatic heterocycles. The Morgan fingerprint density at radius 3 is 1.34 bits per heavy atom. The van der Waals surface area contributed by atoms with Gasteiger partial charge in [0.15, 0.2) is 0 Å². The van der Waals surface area contributed by atoms with Crippen LogP contribution in [0, 0.1) is 5.92 Å². The molecule has 1 unspecified atom stereocenters. The third kappa shape index (κ3) is 24.1. The predicted octanol–water partition coefficient (Wildman–Crippen LogP) is 10.6. The maximum absolute atomic E-state index is 12.1. The maximum Gasteiger partial charge on any atom is 0.305 e. The second kappa shape index (κ2) is 26.7. The molecule has 0 radical (unpaired) electrons. The van der Waals surface area contributed by atoms with Gasteiger partial charge in [-0.3, -0.25) is 4.79 Å². The van der Waals surface area contributed by atoms with Crippen LogP contribution in [0.25, 0.3) is 0 Å². The van der Waals surface area contributed by atoms with Crippen molar-refractivity contribution in [2.75, 3.05) is 6.61 Å². The predicted molar refractivity (Wildman–Crippen MR) is 142 cm³/mol. The monoisotopic (exact) mass is 452 g/mol. The Kier molecular flexibility index (Phi) is 26.3. The molecule has 0 aliphatic carbocycles. The van der Waals surface area contributed by atoms with Gasteiger partial charge in [0.25, 0.3) is 0 Å². The lowest BCUT2D eigenvalue weighted by molar-refractivity contribution is -0.145. The van der Waals surface area contributed by atoms with Crippen LogP contribution in [0.3, 0.4) is 0 Å². The summed E-state index contributed by atoms with van der Waals surface area (Å²) in [6.07, 6.45) is 31.2. The summed E-state index contributed by atoms with van der Waals surface area (Å²) >= 11 is 0. The fourth-order valence-corrected chi connectivity index (χ4v) is 4.59. The van der Waals surface area contributed by atoms with Gasteiger partial charge in [0.1, 0.15) is 0 Å². The molecule has 0 amide bonds. The van der Waals surface area contributed by atoms with E-state index in [2.05, 4.69) is 20.8 Å². The van der Waals surface area contributed by atoms with Gasteiger partial charge in [0.05, 0.1) is 6.61 Å². The van der Waals surface area contributed by atoms with Gasteiger partial charge in [-0.2, -0.15) is 0 Å². The lowest BCUT2D eigenvalue weighted by Gasteiger charge is -2.16. The molecule has 2 nitrogen and oxygen atoms in total. The molecule has 0 bridgehead atoms. The van der Waals surface area contributed by atoms with Crippen LogP contribution in [-0.4, -0.2) is 12.6 Å². The van der Waals surface area contributed by atoms with Crippen molar-refractivity contribution in [1.29, 1.82) is 0 Å². The van der Waals surface area contributed by atoms with E-state index in [1.807, 2.05) is 0 Å². The summed E-state index contributed by atoms with van der Waals surface area (Å²) in [5.74, 6) is 0.617. The van der Waals surface area contributed by atoms with Gasteiger partial charge in [0.2, 0.25) is 0 Å². The Bertz CT molecular complexity index is 366. The molecule has 1 atom stereocenters. The third-order valence-corrected chi connectivity index (χ3v) is 6.90. The van der Waals surface area contributed by atoms with Crippen molar-refractivity contribution in [3.8, 4) is 0 Å². The summed E-state index contributed by atoms with van der Waals surface area (Å²) in [6.45, 7) is 7.45. The van der Waals surface area contributed by atoms with Gasteiger partial charge in [-0.05, 0) is 25.2 Å². The van der Waals surface area contributed by atoms with Gasteiger partial charge < -0.3 is 4.74 Å². The first-order chi connectivity index (χ1) is 15.7. The zero-order chi connectivity index (χ0) is 23.5. The Balaban J connectivity index is 3.48. The first-order valence-electron chi connectivity index (χ1n) is 14.9. The molecule has 0 saturated heterocycles. The van der Waals surface area contributed by atoms with Gasteiger partial charge in [-0.15, -0.1) is 0 Å². The highest BCUT2D eigenvalue weighted by Gasteiger charge is 2.11. The minimum atomic E-state index is 0.0368. The summed E-state index contributed by atoms with van der Waals surface area (Å²) in [5, 5.41) is 0. The van der Waals surface area contributed by atoms with E-state index in [0.717, 1.165) is 6.42 Å². The van der Waals surface area contributed by atoms with Crippen molar-refractivity contribution in [2.45, 2.75) is 175 Å². The van der Waals surface area contributed by atoms with Crippen LogP contribution in [0.2, 0.25) is 0 Å². The molecule has 0 spiro atoms. The Morgan fingerprint density at radius 2 is 0.875 bits per heavy atom. The van der Waals surface area contributed by atoms with E-state index in [-0.39, 0.29) is 5.97 Å². The maximum atomic E-state index is 12.1. The molecular formula is C30H60O2. The van der Waals surface area contributed by atoms with Crippen LogP contribution in [0.4, 0.5) is 0 Å². The molecule has 0 aromatic heterocycles. The number of carbonyl (C=O) groups is 1. The summed E-state index contributed by atoms with van der Waals surface area (Å²) in [7, 11) is 0. The number of ether oxygens (including phenoxy) is 1. The Hall–Kier alpha value is -0.530. The van der Waals surface area contributed by atoms with Crippen molar-refractivity contribution in [1.82, 2.24) is 0 Å². The van der Waals surface area contributed by atoms with Gasteiger partial charge in [-0.1, -0.05) is 149 Å². The van der Waals surface area contributed by atoms with Crippen molar-refractivity contribution >= 4 is 5.97 Å². The number of unbranched alkanes of at least 4 members (excludes halogenated alkanes) is 18. The van der Waals surface area contributed by atoms with E-state index < -0.39 is 0 Å². The van der Waals surface area contributed by atoms with Crippen LogP contribution in [-0.2, 0) is 9.53 Å². The first-order valence-corrected chi connectivity index (χ1v) is 14.9. The van der Waals surface area contributed by atoms with Crippen molar-refractivity contribution in [2.24, 2.45) is 5.92 Å². The fraction of sp³-hybridized carbons (Fsp3) is 0.967. The van der Waals surface area contributed by atoms with Gasteiger partial charge in [0, 0.05) is 6.42 Å². The smallest absolute Gasteiger partial charge is 0.305 e. The number of hydrogen-bond donors (Lipinski definition) is 0. The molecule has 0 aromatic rings. The summed E-state index contributed by atoms with van der Waals surface area (Å²) in [4.78, 5) is 12.1. The standard InChI is InChI=1S/C30H60O2/c1-4-7-10-12-13-14-15-16-17-18-19-20-21-22-24-27-30(31)32-28-29(25-9-6-3)26-23-11-8-5-2/h29H,4-28H2,1-3H3. The minimum absolute atomic E-state index is 0.0368. The zero-order valence-electron chi connectivity index (χ0n) is 22.6. The molecule has 0 fully saturated rings. The quantitative estimate of drug-likeness (QED) is 0.0963. The van der Waals surface area contributed by atoms with E-state index in [1.54, 1.807) is 0 Å². The molecule has 2 heteroatoms. The largest absolute Gasteiger partial charge is 0.465 e. The van der Waals surface area contributed by atoms with Gasteiger partial charge in [-0.25, -0.2) is 0 Å². The van der Waals surface area contributed by atoms with Crippen molar-refractivity contribution < 1.29 is 9.53 Å².